The van der Waals surface area contributed by atoms with E-state index in [9.17, 15) is 4.79 Å². The zero-order valence-corrected chi connectivity index (χ0v) is 11.2. The first-order valence-corrected chi connectivity index (χ1v) is 7.09. The van der Waals surface area contributed by atoms with Crippen molar-refractivity contribution in [2.75, 3.05) is 32.8 Å². The molecular weight excluding hydrogens is 230 g/mol. The van der Waals surface area contributed by atoms with Gasteiger partial charge < -0.3 is 15.8 Å². The van der Waals surface area contributed by atoms with Crippen LogP contribution in [0.5, 0.6) is 0 Å². The summed E-state index contributed by atoms with van der Waals surface area (Å²) in [5.74, 6) is 0.639. The molecule has 1 saturated carbocycles. The second-order valence-corrected chi connectivity index (χ2v) is 5.22. The van der Waals surface area contributed by atoms with E-state index in [-0.39, 0.29) is 11.9 Å². The Kier molecular flexibility index (Phi) is 4.97. The average molecular weight is 255 g/mol. The van der Waals surface area contributed by atoms with Crippen LogP contribution >= 0.6 is 0 Å². The van der Waals surface area contributed by atoms with E-state index in [0.717, 1.165) is 26.1 Å². The first-order chi connectivity index (χ1) is 8.77. The summed E-state index contributed by atoms with van der Waals surface area (Å²) in [5, 5.41) is 2.91. The number of nitrogens with one attached hydrogen (secondary N) is 1. The summed E-state index contributed by atoms with van der Waals surface area (Å²) in [7, 11) is 0. The summed E-state index contributed by atoms with van der Waals surface area (Å²) >= 11 is 0. The summed E-state index contributed by atoms with van der Waals surface area (Å²) in [4.78, 5) is 14.4. The normalized spacial score (nSPS) is 33.6. The van der Waals surface area contributed by atoms with Gasteiger partial charge in [-0.2, -0.15) is 0 Å². The lowest BCUT2D eigenvalue weighted by molar-refractivity contribution is -0.135. The van der Waals surface area contributed by atoms with Crippen molar-refractivity contribution in [1.82, 2.24) is 10.2 Å². The van der Waals surface area contributed by atoms with E-state index in [0.29, 0.717) is 25.1 Å². The lowest BCUT2D eigenvalue weighted by Gasteiger charge is -2.40. The third-order valence-corrected chi connectivity index (χ3v) is 4.17. The van der Waals surface area contributed by atoms with Crippen LogP contribution in [0.4, 0.5) is 0 Å². The number of likely N-dealkylation sites (N-methyl/N-ethyl adjacent to an activating group) is 1. The Morgan fingerprint density at radius 2 is 2.33 bits per heavy atom. The van der Waals surface area contributed by atoms with Crippen LogP contribution in [0.3, 0.4) is 0 Å². The minimum atomic E-state index is -0.129. The molecule has 2 aliphatic rings. The number of amides is 1. The Hall–Kier alpha value is -0.650. The fourth-order valence-corrected chi connectivity index (χ4v) is 3.26. The zero-order chi connectivity index (χ0) is 13.0. The Balaban J connectivity index is 2.05. The van der Waals surface area contributed by atoms with Gasteiger partial charge in [-0.1, -0.05) is 6.42 Å². The van der Waals surface area contributed by atoms with Crippen molar-refractivity contribution in [3.05, 3.63) is 0 Å². The maximum atomic E-state index is 12.1. The molecule has 0 bridgehead atoms. The van der Waals surface area contributed by atoms with Gasteiger partial charge in [0.15, 0.2) is 0 Å². The molecule has 5 heteroatoms. The molecule has 104 valence electrons. The number of morpholine rings is 1. The molecule has 2 fully saturated rings. The minimum Gasteiger partial charge on any atom is -0.378 e. The lowest BCUT2D eigenvalue weighted by Crippen LogP contribution is -2.58. The minimum absolute atomic E-state index is 0.0971. The monoisotopic (exact) mass is 255 g/mol. The van der Waals surface area contributed by atoms with Crippen LogP contribution in [-0.2, 0) is 9.53 Å². The molecule has 0 spiro atoms. The highest BCUT2D eigenvalue weighted by atomic mass is 16.5. The first-order valence-electron chi connectivity index (χ1n) is 7.09. The highest BCUT2D eigenvalue weighted by Crippen LogP contribution is 2.31. The molecule has 0 aromatic rings. The van der Waals surface area contributed by atoms with Gasteiger partial charge in [0.25, 0.3) is 0 Å². The van der Waals surface area contributed by atoms with Gasteiger partial charge in [-0.3, -0.25) is 9.69 Å². The number of nitrogens with two attached hydrogens (primary N) is 1. The van der Waals surface area contributed by atoms with E-state index in [1.807, 2.05) is 6.92 Å². The van der Waals surface area contributed by atoms with Crippen molar-refractivity contribution in [2.24, 2.45) is 11.7 Å². The Morgan fingerprint density at radius 3 is 3.06 bits per heavy atom. The standard InChI is InChI=1S/C13H25N3O2/c1-2-15-13(17)12-9-18-7-6-16(12)11-5-3-4-10(11)8-14/h10-12H,2-9,14H2,1H3,(H,15,17). The fraction of sp³-hybridized carbons (Fsp3) is 0.923. The van der Waals surface area contributed by atoms with Gasteiger partial charge in [0.05, 0.1) is 13.2 Å². The predicted octanol–water partition coefficient (Wildman–Crippen LogP) is -0.0493. The van der Waals surface area contributed by atoms with Gasteiger partial charge >= 0.3 is 0 Å². The molecule has 0 radical (unpaired) electrons. The lowest BCUT2D eigenvalue weighted by atomic mass is 9.99. The van der Waals surface area contributed by atoms with Gasteiger partial charge in [-0.05, 0) is 32.2 Å². The van der Waals surface area contributed by atoms with Crippen molar-refractivity contribution in [1.29, 1.82) is 0 Å². The number of carbonyl (C=O) groups is 1. The summed E-state index contributed by atoms with van der Waals surface area (Å²) in [6.45, 7) is 5.44. The van der Waals surface area contributed by atoms with E-state index in [2.05, 4.69) is 10.2 Å². The van der Waals surface area contributed by atoms with Crippen LogP contribution in [0, 0.1) is 5.92 Å². The van der Waals surface area contributed by atoms with Crippen molar-refractivity contribution in [3.63, 3.8) is 0 Å². The molecule has 1 aliphatic carbocycles. The van der Waals surface area contributed by atoms with E-state index < -0.39 is 0 Å². The summed E-state index contributed by atoms with van der Waals surface area (Å²) in [5.41, 5.74) is 5.85. The molecule has 3 atom stereocenters. The number of carbonyl (C=O) groups excluding carboxylic acids is 1. The topological polar surface area (TPSA) is 67.6 Å². The van der Waals surface area contributed by atoms with Crippen LogP contribution in [0.15, 0.2) is 0 Å². The number of rotatable bonds is 4. The summed E-state index contributed by atoms with van der Waals surface area (Å²) < 4.78 is 5.47. The Bertz CT molecular complexity index is 285. The number of ether oxygens (including phenoxy) is 1. The quantitative estimate of drug-likeness (QED) is 0.739. The molecule has 2 rings (SSSR count). The maximum Gasteiger partial charge on any atom is 0.239 e. The third kappa shape index (κ3) is 2.84. The van der Waals surface area contributed by atoms with E-state index >= 15 is 0 Å². The third-order valence-electron chi connectivity index (χ3n) is 4.17. The second-order valence-electron chi connectivity index (χ2n) is 5.22. The van der Waals surface area contributed by atoms with Crippen LogP contribution in [0.25, 0.3) is 0 Å². The van der Waals surface area contributed by atoms with Crippen LogP contribution in [0.1, 0.15) is 26.2 Å². The molecular formula is C13H25N3O2. The van der Waals surface area contributed by atoms with Crippen LogP contribution < -0.4 is 11.1 Å². The van der Waals surface area contributed by atoms with E-state index in [4.69, 9.17) is 10.5 Å². The molecule has 0 aromatic heterocycles. The van der Waals surface area contributed by atoms with E-state index in [1.54, 1.807) is 0 Å². The van der Waals surface area contributed by atoms with Crippen molar-refractivity contribution in [2.45, 2.75) is 38.3 Å². The maximum absolute atomic E-state index is 12.1. The highest BCUT2D eigenvalue weighted by Gasteiger charge is 2.39. The van der Waals surface area contributed by atoms with Gasteiger partial charge in [-0.25, -0.2) is 0 Å². The Morgan fingerprint density at radius 1 is 1.50 bits per heavy atom. The van der Waals surface area contributed by atoms with Crippen molar-refractivity contribution in [3.8, 4) is 0 Å². The van der Waals surface area contributed by atoms with E-state index in [1.165, 1.54) is 12.8 Å². The van der Waals surface area contributed by atoms with Crippen LogP contribution in [-0.4, -0.2) is 55.7 Å². The average Bonchev–Trinajstić information content (AvgIpc) is 2.87. The highest BCUT2D eigenvalue weighted by molar-refractivity contribution is 5.82. The zero-order valence-electron chi connectivity index (χ0n) is 11.2. The predicted molar refractivity (Wildman–Crippen MR) is 70.2 cm³/mol. The molecule has 5 nitrogen and oxygen atoms in total. The smallest absolute Gasteiger partial charge is 0.239 e. The van der Waals surface area contributed by atoms with Crippen LogP contribution in [0.2, 0.25) is 0 Å². The number of nitrogens with zero attached hydrogens (tertiary/aromatic N) is 1. The SMILES string of the molecule is CCNC(=O)C1COCCN1C1CCCC1CN. The van der Waals surface area contributed by atoms with Gasteiger partial charge in [0.1, 0.15) is 6.04 Å². The molecule has 1 amide bonds. The molecule has 3 N–H and O–H groups in total. The molecule has 1 heterocycles. The molecule has 18 heavy (non-hydrogen) atoms. The second kappa shape index (κ2) is 6.50. The largest absolute Gasteiger partial charge is 0.378 e. The fourth-order valence-electron chi connectivity index (χ4n) is 3.26. The number of hydrogen-bond donors (Lipinski definition) is 2. The van der Waals surface area contributed by atoms with Gasteiger partial charge in [0, 0.05) is 19.1 Å². The first kappa shape index (κ1) is 13.8. The summed E-state index contributed by atoms with van der Waals surface area (Å²) in [6.07, 6.45) is 3.59. The number of hydrogen-bond acceptors (Lipinski definition) is 4. The molecule has 3 unspecified atom stereocenters. The molecule has 1 aliphatic heterocycles. The summed E-state index contributed by atoms with van der Waals surface area (Å²) in [6, 6.07) is 0.336. The van der Waals surface area contributed by atoms with Crippen molar-refractivity contribution < 1.29 is 9.53 Å². The van der Waals surface area contributed by atoms with Gasteiger partial charge in [0.2, 0.25) is 5.91 Å². The molecule has 1 saturated heterocycles. The van der Waals surface area contributed by atoms with Crippen molar-refractivity contribution >= 4 is 5.91 Å². The van der Waals surface area contributed by atoms with Gasteiger partial charge in [-0.15, -0.1) is 0 Å². The Labute approximate surface area is 109 Å². The molecule has 0 aromatic carbocycles.